The van der Waals surface area contributed by atoms with Crippen LogP contribution in [0, 0.1) is 0 Å². The summed E-state index contributed by atoms with van der Waals surface area (Å²) in [6.07, 6.45) is 5.35. The maximum atomic E-state index is 5.42. The fourth-order valence-electron chi connectivity index (χ4n) is 3.46. The predicted octanol–water partition coefficient (Wildman–Crippen LogP) is 3.00. The van der Waals surface area contributed by atoms with Gasteiger partial charge in [-0.3, -0.25) is 4.90 Å². The van der Waals surface area contributed by atoms with Crippen LogP contribution in [0.15, 0.2) is 6.07 Å². The van der Waals surface area contributed by atoms with E-state index in [2.05, 4.69) is 30.1 Å². The van der Waals surface area contributed by atoms with Gasteiger partial charge in [-0.05, 0) is 51.2 Å². The fourth-order valence-corrected chi connectivity index (χ4v) is 4.73. The lowest BCUT2D eigenvalue weighted by molar-refractivity contribution is 0.0339. The molecular formula is C17H28N2OS. The summed E-state index contributed by atoms with van der Waals surface area (Å²) in [6.45, 7) is 9.67. The summed E-state index contributed by atoms with van der Waals surface area (Å²) in [5, 5.41) is 3.78. The molecule has 0 radical (unpaired) electrons. The van der Waals surface area contributed by atoms with Crippen LogP contribution in [-0.2, 0) is 17.6 Å². The molecule has 1 aromatic rings. The lowest BCUT2D eigenvalue weighted by atomic mass is 9.99. The Morgan fingerprint density at radius 3 is 2.76 bits per heavy atom. The van der Waals surface area contributed by atoms with Gasteiger partial charge in [0.25, 0.3) is 0 Å². The molecule has 4 heteroatoms. The molecule has 0 aromatic carbocycles. The van der Waals surface area contributed by atoms with Crippen molar-refractivity contribution >= 4 is 11.3 Å². The lowest BCUT2D eigenvalue weighted by Crippen LogP contribution is -2.44. The molecule has 1 saturated heterocycles. The van der Waals surface area contributed by atoms with Crippen molar-refractivity contribution in [3.8, 4) is 0 Å². The first-order valence-electron chi connectivity index (χ1n) is 8.40. The van der Waals surface area contributed by atoms with Gasteiger partial charge in [-0.2, -0.15) is 0 Å². The number of hydrogen-bond acceptors (Lipinski definition) is 4. The summed E-state index contributed by atoms with van der Waals surface area (Å²) >= 11 is 2.04. The number of fused-ring (bicyclic) bond motifs is 1. The summed E-state index contributed by atoms with van der Waals surface area (Å²) in [5.41, 5.74) is 1.62. The molecule has 1 fully saturated rings. The molecule has 21 heavy (non-hydrogen) atoms. The highest BCUT2D eigenvalue weighted by Crippen LogP contribution is 2.32. The van der Waals surface area contributed by atoms with Gasteiger partial charge >= 0.3 is 0 Å². The van der Waals surface area contributed by atoms with E-state index in [4.69, 9.17) is 4.74 Å². The van der Waals surface area contributed by atoms with Crippen LogP contribution in [0.1, 0.15) is 48.0 Å². The molecular weight excluding hydrogens is 280 g/mol. The SMILES string of the molecule is CC(CN1CCOCC1)NC(C)c1cc2c(s1)CCCC2. The third kappa shape index (κ3) is 4.07. The molecule has 1 aliphatic carbocycles. The Bertz CT molecular complexity index is 430. The van der Waals surface area contributed by atoms with E-state index in [9.17, 15) is 0 Å². The van der Waals surface area contributed by atoms with Gasteiger partial charge in [0.05, 0.1) is 13.2 Å². The first-order chi connectivity index (χ1) is 10.2. The highest BCUT2D eigenvalue weighted by Gasteiger charge is 2.19. The Balaban J connectivity index is 1.52. The fraction of sp³-hybridized carbons (Fsp3) is 0.765. The number of nitrogens with one attached hydrogen (secondary N) is 1. The average Bonchev–Trinajstić information content (AvgIpc) is 2.92. The zero-order chi connectivity index (χ0) is 14.7. The molecule has 0 amide bonds. The van der Waals surface area contributed by atoms with E-state index in [0.29, 0.717) is 12.1 Å². The highest BCUT2D eigenvalue weighted by molar-refractivity contribution is 7.12. The van der Waals surface area contributed by atoms with Crippen LogP contribution in [0.4, 0.5) is 0 Å². The largest absolute Gasteiger partial charge is 0.379 e. The van der Waals surface area contributed by atoms with Crippen molar-refractivity contribution in [2.24, 2.45) is 0 Å². The predicted molar refractivity (Wildman–Crippen MR) is 89.2 cm³/mol. The molecule has 2 heterocycles. The number of aryl methyl sites for hydroxylation is 2. The van der Waals surface area contributed by atoms with Gasteiger partial charge in [0.15, 0.2) is 0 Å². The van der Waals surface area contributed by atoms with Crippen molar-refractivity contribution < 1.29 is 4.74 Å². The number of morpholine rings is 1. The van der Waals surface area contributed by atoms with E-state index in [1.807, 2.05) is 11.3 Å². The van der Waals surface area contributed by atoms with E-state index in [-0.39, 0.29) is 0 Å². The van der Waals surface area contributed by atoms with Gasteiger partial charge < -0.3 is 10.1 Å². The van der Waals surface area contributed by atoms with Gasteiger partial charge in [0.2, 0.25) is 0 Å². The minimum Gasteiger partial charge on any atom is -0.379 e. The average molecular weight is 308 g/mol. The van der Waals surface area contributed by atoms with Crippen LogP contribution < -0.4 is 5.32 Å². The van der Waals surface area contributed by atoms with Crippen molar-refractivity contribution in [3.05, 3.63) is 21.4 Å². The molecule has 1 aliphatic heterocycles. The molecule has 2 aliphatic rings. The first-order valence-corrected chi connectivity index (χ1v) is 9.21. The quantitative estimate of drug-likeness (QED) is 0.905. The second-order valence-electron chi connectivity index (χ2n) is 6.51. The van der Waals surface area contributed by atoms with Gasteiger partial charge in [-0.25, -0.2) is 0 Å². The van der Waals surface area contributed by atoms with Gasteiger partial charge in [-0.1, -0.05) is 0 Å². The molecule has 2 atom stereocenters. The molecule has 3 rings (SSSR count). The van der Waals surface area contributed by atoms with Crippen molar-refractivity contribution in [1.82, 2.24) is 10.2 Å². The maximum absolute atomic E-state index is 5.42. The van der Waals surface area contributed by atoms with E-state index in [1.165, 1.54) is 30.6 Å². The normalized spacial score (nSPS) is 22.8. The van der Waals surface area contributed by atoms with Crippen LogP contribution in [-0.4, -0.2) is 43.8 Å². The third-order valence-electron chi connectivity index (χ3n) is 4.61. The van der Waals surface area contributed by atoms with Crippen LogP contribution in [0.3, 0.4) is 0 Å². The van der Waals surface area contributed by atoms with E-state index in [0.717, 1.165) is 32.8 Å². The Kier molecular flexibility index (Phi) is 5.33. The van der Waals surface area contributed by atoms with E-state index >= 15 is 0 Å². The minimum absolute atomic E-state index is 0.469. The standard InChI is InChI=1S/C17H28N2OS/c1-13(12-19-7-9-20-10-8-19)18-14(2)17-11-15-5-3-4-6-16(15)21-17/h11,13-14,18H,3-10,12H2,1-2H3. The van der Waals surface area contributed by atoms with Crippen LogP contribution in [0.25, 0.3) is 0 Å². The van der Waals surface area contributed by atoms with Crippen molar-refractivity contribution in [1.29, 1.82) is 0 Å². The molecule has 1 aromatic heterocycles. The smallest absolute Gasteiger partial charge is 0.0594 e. The Labute approximate surface area is 132 Å². The van der Waals surface area contributed by atoms with Crippen LogP contribution in [0.5, 0.6) is 0 Å². The number of rotatable bonds is 5. The summed E-state index contributed by atoms with van der Waals surface area (Å²) in [5.74, 6) is 0. The summed E-state index contributed by atoms with van der Waals surface area (Å²) in [6, 6.07) is 3.45. The Morgan fingerprint density at radius 2 is 2.00 bits per heavy atom. The number of thiophene rings is 1. The van der Waals surface area contributed by atoms with Crippen LogP contribution >= 0.6 is 11.3 Å². The topological polar surface area (TPSA) is 24.5 Å². The van der Waals surface area contributed by atoms with E-state index in [1.54, 1.807) is 10.4 Å². The molecule has 0 spiro atoms. The van der Waals surface area contributed by atoms with E-state index < -0.39 is 0 Å². The second kappa shape index (κ2) is 7.23. The molecule has 0 bridgehead atoms. The van der Waals surface area contributed by atoms with Crippen molar-refractivity contribution in [2.75, 3.05) is 32.8 Å². The van der Waals surface area contributed by atoms with Gasteiger partial charge in [0, 0.05) is 41.5 Å². The van der Waals surface area contributed by atoms with Gasteiger partial charge in [-0.15, -0.1) is 11.3 Å². The number of hydrogen-bond donors (Lipinski definition) is 1. The monoisotopic (exact) mass is 308 g/mol. The zero-order valence-corrected chi connectivity index (χ0v) is 14.2. The number of ether oxygens (including phenoxy) is 1. The third-order valence-corrected chi connectivity index (χ3v) is 6.03. The number of nitrogens with zero attached hydrogens (tertiary/aromatic N) is 1. The molecule has 2 unspecified atom stereocenters. The molecule has 118 valence electrons. The lowest BCUT2D eigenvalue weighted by Gasteiger charge is -2.30. The Hall–Kier alpha value is -0.420. The zero-order valence-electron chi connectivity index (χ0n) is 13.4. The molecule has 3 nitrogen and oxygen atoms in total. The van der Waals surface area contributed by atoms with Crippen molar-refractivity contribution in [3.63, 3.8) is 0 Å². The van der Waals surface area contributed by atoms with Crippen LogP contribution in [0.2, 0.25) is 0 Å². The summed E-state index contributed by atoms with van der Waals surface area (Å²) in [7, 11) is 0. The minimum atomic E-state index is 0.469. The summed E-state index contributed by atoms with van der Waals surface area (Å²) < 4.78 is 5.42. The maximum Gasteiger partial charge on any atom is 0.0594 e. The Morgan fingerprint density at radius 1 is 1.24 bits per heavy atom. The molecule has 0 saturated carbocycles. The van der Waals surface area contributed by atoms with Crippen molar-refractivity contribution in [2.45, 2.75) is 51.6 Å². The first kappa shape index (κ1) is 15.5. The summed E-state index contributed by atoms with van der Waals surface area (Å²) in [4.78, 5) is 5.68. The second-order valence-corrected chi connectivity index (χ2v) is 7.68. The highest BCUT2D eigenvalue weighted by atomic mass is 32.1. The molecule has 1 N–H and O–H groups in total. The van der Waals surface area contributed by atoms with Gasteiger partial charge in [0.1, 0.15) is 0 Å².